The standard InChI is InChI=1S/C28H32N4O5/c1-18-25(30-27(35)36-19(2)20-6-4-3-5-7-20)26(37-31-18)21-8-9-23(29-17-21)32-14-10-22(11-15-32)28(12-13-28)16-24(33)34/h3-9,17,19,22H,10-16H2,1-2H3,(H,30,35)(H,33,34). The smallest absolute Gasteiger partial charge is 0.412 e. The van der Waals surface area contributed by atoms with Gasteiger partial charge in [0.15, 0.2) is 5.76 Å². The lowest BCUT2D eigenvalue weighted by Gasteiger charge is -2.36. The molecule has 1 unspecified atom stereocenters. The van der Waals surface area contributed by atoms with Crippen molar-refractivity contribution >= 4 is 23.6 Å². The van der Waals surface area contributed by atoms with E-state index in [-0.39, 0.29) is 11.8 Å². The number of carboxylic acid groups (broad SMARTS) is 1. The summed E-state index contributed by atoms with van der Waals surface area (Å²) in [5.41, 5.74) is 2.61. The Kier molecular flexibility index (Phi) is 6.86. The number of carbonyl (C=O) groups excluding carboxylic acids is 1. The summed E-state index contributed by atoms with van der Waals surface area (Å²) in [7, 11) is 0. The van der Waals surface area contributed by atoms with E-state index in [1.165, 1.54) is 0 Å². The van der Waals surface area contributed by atoms with Crippen molar-refractivity contribution in [2.75, 3.05) is 23.3 Å². The molecule has 1 amide bonds. The van der Waals surface area contributed by atoms with Gasteiger partial charge in [0.25, 0.3) is 0 Å². The van der Waals surface area contributed by atoms with E-state index in [0.29, 0.717) is 28.6 Å². The van der Waals surface area contributed by atoms with Crippen molar-refractivity contribution in [1.82, 2.24) is 10.1 Å². The van der Waals surface area contributed by atoms with Gasteiger partial charge in [-0.2, -0.15) is 0 Å². The Balaban J connectivity index is 1.21. The number of aryl methyl sites for hydroxylation is 1. The lowest BCUT2D eigenvalue weighted by Crippen LogP contribution is -2.37. The maximum atomic E-state index is 12.6. The number of aliphatic carboxylic acids is 1. The third-order valence-electron chi connectivity index (χ3n) is 7.73. The van der Waals surface area contributed by atoms with Crippen molar-refractivity contribution in [2.24, 2.45) is 11.3 Å². The van der Waals surface area contributed by atoms with E-state index < -0.39 is 18.2 Å². The number of ether oxygens (including phenoxy) is 1. The first kappa shape index (κ1) is 24.8. The molecule has 1 saturated heterocycles. The van der Waals surface area contributed by atoms with E-state index in [2.05, 4.69) is 20.4 Å². The summed E-state index contributed by atoms with van der Waals surface area (Å²) < 4.78 is 11.1. The molecule has 0 radical (unpaired) electrons. The van der Waals surface area contributed by atoms with Gasteiger partial charge in [-0.15, -0.1) is 0 Å². The highest BCUT2D eigenvalue weighted by Gasteiger charge is 2.50. The number of nitrogens with zero attached hydrogens (tertiary/aromatic N) is 3. The molecule has 9 heteroatoms. The van der Waals surface area contributed by atoms with Gasteiger partial charge in [-0.1, -0.05) is 35.5 Å². The molecule has 3 heterocycles. The zero-order chi connectivity index (χ0) is 26.0. The summed E-state index contributed by atoms with van der Waals surface area (Å²) in [5.74, 6) is 1.07. The molecule has 5 rings (SSSR count). The van der Waals surface area contributed by atoms with Crippen LogP contribution in [0.4, 0.5) is 16.3 Å². The van der Waals surface area contributed by atoms with Crippen molar-refractivity contribution in [3.8, 4) is 11.3 Å². The predicted molar refractivity (Wildman–Crippen MR) is 138 cm³/mol. The second-order valence-electron chi connectivity index (χ2n) is 10.2. The second kappa shape index (κ2) is 10.2. The zero-order valence-corrected chi connectivity index (χ0v) is 21.1. The summed E-state index contributed by atoms with van der Waals surface area (Å²) in [6, 6.07) is 13.4. The predicted octanol–water partition coefficient (Wildman–Crippen LogP) is 5.83. The molecule has 2 fully saturated rings. The van der Waals surface area contributed by atoms with Gasteiger partial charge in [0.2, 0.25) is 0 Å². The highest BCUT2D eigenvalue weighted by Crippen LogP contribution is 2.57. The molecule has 37 heavy (non-hydrogen) atoms. The van der Waals surface area contributed by atoms with Crippen molar-refractivity contribution in [3.63, 3.8) is 0 Å². The van der Waals surface area contributed by atoms with Crippen LogP contribution < -0.4 is 10.2 Å². The molecule has 0 bridgehead atoms. The Labute approximate surface area is 215 Å². The lowest BCUT2D eigenvalue weighted by molar-refractivity contribution is -0.139. The number of amides is 1. The molecule has 1 aliphatic carbocycles. The van der Waals surface area contributed by atoms with Gasteiger partial charge in [0, 0.05) is 24.8 Å². The molecule has 0 spiro atoms. The minimum atomic E-state index is -0.687. The van der Waals surface area contributed by atoms with Crippen LogP contribution in [0.2, 0.25) is 0 Å². The van der Waals surface area contributed by atoms with Crippen LogP contribution in [-0.4, -0.2) is 40.4 Å². The summed E-state index contributed by atoms with van der Waals surface area (Å²) in [6.45, 7) is 5.29. The average Bonchev–Trinajstić information content (AvgIpc) is 3.59. The Morgan fingerprint density at radius 1 is 1.19 bits per heavy atom. The van der Waals surface area contributed by atoms with Crippen molar-refractivity contribution in [1.29, 1.82) is 0 Å². The minimum absolute atomic E-state index is 0.0167. The average molecular weight is 505 g/mol. The van der Waals surface area contributed by atoms with Gasteiger partial charge in [-0.25, -0.2) is 9.78 Å². The summed E-state index contributed by atoms with van der Waals surface area (Å²) in [5, 5.41) is 16.1. The zero-order valence-electron chi connectivity index (χ0n) is 21.1. The summed E-state index contributed by atoms with van der Waals surface area (Å²) >= 11 is 0. The first-order valence-corrected chi connectivity index (χ1v) is 12.8. The molecule has 1 aliphatic heterocycles. The van der Waals surface area contributed by atoms with Crippen LogP contribution in [0.25, 0.3) is 11.3 Å². The molecule has 2 aromatic heterocycles. The molecule has 2 aliphatic rings. The van der Waals surface area contributed by atoms with Crippen LogP contribution in [0.5, 0.6) is 0 Å². The Morgan fingerprint density at radius 2 is 1.92 bits per heavy atom. The number of carbonyl (C=O) groups is 2. The minimum Gasteiger partial charge on any atom is -0.481 e. The molecule has 1 aromatic carbocycles. The van der Waals surface area contributed by atoms with Gasteiger partial charge >= 0.3 is 12.1 Å². The quantitative estimate of drug-likeness (QED) is 0.394. The van der Waals surface area contributed by atoms with Gasteiger partial charge in [0.1, 0.15) is 23.3 Å². The third kappa shape index (κ3) is 5.45. The highest BCUT2D eigenvalue weighted by atomic mass is 16.6. The largest absolute Gasteiger partial charge is 0.481 e. The van der Waals surface area contributed by atoms with Crippen LogP contribution >= 0.6 is 0 Å². The van der Waals surface area contributed by atoms with Crippen LogP contribution in [-0.2, 0) is 9.53 Å². The van der Waals surface area contributed by atoms with Gasteiger partial charge in [0.05, 0.1) is 6.42 Å². The van der Waals surface area contributed by atoms with Gasteiger partial charge in [-0.05, 0) is 68.6 Å². The summed E-state index contributed by atoms with van der Waals surface area (Å²) in [4.78, 5) is 30.7. The molecule has 194 valence electrons. The highest BCUT2D eigenvalue weighted by molar-refractivity contribution is 5.90. The SMILES string of the molecule is Cc1noc(-c2ccc(N3CCC(C4(CC(=O)O)CC4)CC3)nc2)c1NC(=O)OC(C)c1ccccc1. The van der Waals surface area contributed by atoms with E-state index >= 15 is 0 Å². The number of hydrogen-bond donors (Lipinski definition) is 2. The number of piperidine rings is 1. The topological polar surface area (TPSA) is 118 Å². The molecule has 3 aromatic rings. The van der Waals surface area contributed by atoms with E-state index in [4.69, 9.17) is 9.26 Å². The first-order chi connectivity index (χ1) is 17.8. The van der Waals surface area contributed by atoms with Crippen molar-refractivity contribution < 1.29 is 24.0 Å². The number of carboxylic acids is 1. The molecular weight excluding hydrogens is 472 g/mol. The lowest BCUT2D eigenvalue weighted by atomic mass is 9.79. The second-order valence-corrected chi connectivity index (χ2v) is 10.2. The fourth-order valence-corrected chi connectivity index (χ4v) is 5.42. The fraction of sp³-hybridized carbons (Fsp3) is 0.429. The Bertz CT molecular complexity index is 1250. The van der Waals surface area contributed by atoms with Crippen LogP contribution in [0.15, 0.2) is 53.2 Å². The maximum absolute atomic E-state index is 12.6. The number of anilines is 2. The molecule has 2 N–H and O–H groups in total. The Hall–Kier alpha value is -3.88. The number of aromatic nitrogens is 2. The summed E-state index contributed by atoms with van der Waals surface area (Å²) in [6.07, 6.45) is 5.03. The number of benzene rings is 1. The number of pyridine rings is 1. The monoisotopic (exact) mass is 504 g/mol. The fourth-order valence-electron chi connectivity index (χ4n) is 5.42. The number of hydrogen-bond acceptors (Lipinski definition) is 7. The van der Waals surface area contributed by atoms with E-state index in [1.807, 2.05) is 49.4 Å². The molecule has 1 atom stereocenters. The van der Waals surface area contributed by atoms with Crippen LogP contribution in [0.3, 0.4) is 0 Å². The van der Waals surface area contributed by atoms with Crippen molar-refractivity contribution in [3.05, 3.63) is 59.9 Å². The van der Waals surface area contributed by atoms with E-state index in [0.717, 1.165) is 50.2 Å². The van der Waals surface area contributed by atoms with Crippen molar-refractivity contribution in [2.45, 2.75) is 52.1 Å². The number of rotatable bonds is 8. The van der Waals surface area contributed by atoms with Crippen LogP contribution in [0.1, 0.15) is 56.4 Å². The molecule has 9 nitrogen and oxygen atoms in total. The molecular formula is C28H32N4O5. The van der Waals surface area contributed by atoms with E-state index in [1.54, 1.807) is 13.1 Å². The van der Waals surface area contributed by atoms with Crippen LogP contribution in [0, 0.1) is 18.3 Å². The number of nitrogens with one attached hydrogen (secondary N) is 1. The molecule has 1 saturated carbocycles. The van der Waals surface area contributed by atoms with E-state index in [9.17, 15) is 14.7 Å². The first-order valence-electron chi connectivity index (χ1n) is 12.8. The van der Waals surface area contributed by atoms with Gasteiger partial charge < -0.3 is 19.3 Å². The normalized spacial score (nSPS) is 17.7. The Morgan fingerprint density at radius 3 is 2.54 bits per heavy atom. The third-order valence-corrected chi connectivity index (χ3v) is 7.73. The maximum Gasteiger partial charge on any atom is 0.412 e. The van der Waals surface area contributed by atoms with Gasteiger partial charge in [-0.3, -0.25) is 10.1 Å².